The van der Waals surface area contributed by atoms with E-state index in [1.165, 1.54) is 0 Å². The first-order valence-corrected chi connectivity index (χ1v) is 13.9. The predicted octanol–water partition coefficient (Wildman–Crippen LogP) is 3.72. The lowest BCUT2D eigenvalue weighted by atomic mass is 9.99. The zero-order chi connectivity index (χ0) is 25.9. The van der Waals surface area contributed by atoms with Gasteiger partial charge < -0.3 is 14.7 Å². The van der Waals surface area contributed by atoms with Gasteiger partial charge in [-0.05, 0) is 43.8 Å². The van der Waals surface area contributed by atoms with Crippen LogP contribution in [-0.2, 0) is 16.6 Å². The SMILES string of the molecule is C[C@@H]1CN([C@@H](C)CO)C(=O)c2cccc(NS(C)(=O)=O)c2O[C@@H]1CN(C)Cc1ccc(Cl)c(Cl)c1. The van der Waals surface area contributed by atoms with Crippen molar-refractivity contribution < 1.29 is 23.1 Å². The minimum atomic E-state index is -3.61. The number of hydrogen-bond donors (Lipinski definition) is 2. The van der Waals surface area contributed by atoms with Crippen LogP contribution in [0.1, 0.15) is 29.8 Å². The largest absolute Gasteiger partial charge is 0.486 e. The third-order valence-electron chi connectivity index (χ3n) is 5.91. The zero-order valence-corrected chi connectivity index (χ0v) is 22.5. The molecule has 0 aliphatic carbocycles. The number of aliphatic hydroxyl groups is 1. The maximum absolute atomic E-state index is 13.4. The summed E-state index contributed by atoms with van der Waals surface area (Å²) in [5.74, 6) is -0.269. The molecule has 2 N–H and O–H groups in total. The van der Waals surface area contributed by atoms with Crippen LogP contribution < -0.4 is 9.46 Å². The number of carbonyl (C=O) groups excluding carboxylic acids is 1. The van der Waals surface area contributed by atoms with Crippen LogP contribution >= 0.6 is 23.2 Å². The molecule has 0 saturated heterocycles. The van der Waals surface area contributed by atoms with Gasteiger partial charge in [0, 0.05) is 25.6 Å². The van der Waals surface area contributed by atoms with E-state index in [9.17, 15) is 18.3 Å². The smallest absolute Gasteiger partial charge is 0.258 e. The summed E-state index contributed by atoms with van der Waals surface area (Å²) in [6, 6.07) is 9.82. The topological polar surface area (TPSA) is 99.2 Å². The van der Waals surface area contributed by atoms with E-state index in [4.69, 9.17) is 27.9 Å². The van der Waals surface area contributed by atoms with Gasteiger partial charge in [0.25, 0.3) is 5.91 Å². The van der Waals surface area contributed by atoms with E-state index in [0.29, 0.717) is 29.7 Å². The molecule has 0 bridgehead atoms. The van der Waals surface area contributed by atoms with Crippen LogP contribution in [0.2, 0.25) is 10.0 Å². The Labute approximate surface area is 216 Å². The van der Waals surface area contributed by atoms with Gasteiger partial charge in [-0.2, -0.15) is 0 Å². The molecular formula is C24H31Cl2N3O5S. The Morgan fingerprint density at radius 2 is 1.97 bits per heavy atom. The maximum atomic E-state index is 13.4. The van der Waals surface area contributed by atoms with E-state index >= 15 is 0 Å². The number of ether oxygens (including phenoxy) is 1. The fourth-order valence-electron chi connectivity index (χ4n) is 4.06. The normalized spacial score (nSPS) is 19.5. The standard InChI is InChI=1S/C24H31Cl2N3O5S/c1-15-11-29(16(2)14-30)24(31)18-6-5-7-21(27-35(4,32)33)23(18)34-22(15)13-28(3)12-17-8-9-19(25)20(26)10-17/h5-10,15-16,22,27,30H,11-14H2,1-4H3/t15-,16+,22-/m1/s1. The molecular weight excluding hydrogens is 513 g/mol. The molecule has 192 valence electrons. The molecule has 2 aromatic carbocycles. The van der Waals surface area contributed by atoms with Crippen molar-refractivity contribution in [2.45, 2.75) is 32.5 Å². The van der Waals surface area contributed by atoms with Crippen molar-refractivity contribution in [1.29, 1.82) is 0 Å². The number of carbonyl (C=O) groups is 1. The Morgan fingerprint density at radius 3 is 2.60 bits per heavy atom. The molecule has 3 rings (SSSR count). The van der Waals surface area contributed by atoms with Gasteiger partial charge in [-0.15, -0.1) is 0 Å². The predicted molar refractivity (Wildman–Crippen MR) is 139 cm³/mol. The molecule has 1 amide bonds. The Morgan fingerprint density at radius 1 is 1.26 bits per heavy atom. The van der Waals surface area contributed by atoms with Crippen molar-refractivity contribution in [3.05, 3.63) is 57.6 Å². The fraction of sp³-hybridized carbons (Fsp3) is 0.458. The van der Waals surface area contributed by atoms with Crippen molar-refractivity contribution in [3.63, 3.8) is 0 Å². The summed E-state index contributed by atoms with van der Waals surface area (Å²) in [6.07, 6.45) is 0.660. The van der Waals surface area contributed by atoms with Crippen LogP contribution in [-0.4, -0.2) is 74.4 Å². The van der Waals surface area contributed by atoms with E-state index in [-0.39, 0.29) is 41.5 Å². The second-order valence-corrected chi connectivity index (χ2v) is 11.7. The lowest BCUT2D eigenvalue weighted by Crippen LogP contribution is -2.49. The van der Waals surface area contributed by atoms with Crippen molar-refractivity contribution in [3.8, 4) is 5.75 Å². The molecule has 2 aromatic rings. The molecule has 1 aliphatic rings. The van der Waals surface area contributed by atoms with Gasteiger partial charge in [-0.3, -0.25) is 14.4 Å². The van der Waals surface area contributed by atoms with Gasteiger partial charge in [-0.1, -0.05) is 42.3 Å². The van der Waals surface area contributed by atoms with Crippen LogP contribution in [0.4, 0.5) is 5.69 Å². The summed E-state index contributed by atoms with van der Waals surface area (Å²) >= 11 is 12.2. The third kappa shape index (κ3) is 7.01. The Kier molecular flexibility index (Phi) is 8.93. The van der Waals surface area contributed by atoms with Gasteiger partial charge in [0.15, 0.2) is 5.75 Å². The first-order valence-electron chi connectivity index (χ1n) is 11.2. The molecule has 0 unspecified atom stereocenters. The third-order valence-corrected chi connectivity index (χ3v) is 7.24. The fourth-order valence-corrected chi connectivity index (χ4v) is 4.94. The van der Waals surface area contributed by atoms with Gasteiger partial charge >= 0.3 is 0 Å². The summed E-state index contributed by atoms with van der Waals surface area (Å²) in [5.41, 5.74) is 1.41. The highest BCUT2D eigenvalue weighted by Crippen LogP contribution is 2.35. The number of rotatable bonds is 8. The number of nitrogens with zero attached hydrogens (tertiary/aromatic N) is 2. The van der Waals surface area contributed by atoms with E-state index in [1.807, 2.05) is 26.1 Å². The van der Waals surface area contributed by atoms with E-state index in [0.717, 1.165) is 11.8 Å². The van der Waals surface area contributed by atoms with Crippen LogP contribution in [0, 0.1) is 5.92 Å². The molecule has 8 nitrogen and oxygen atoms in total. The lowest BCUT2D eigenvalue weighted by Gasteiger charge is -2.38. The molecule has 11 heteroatoms. The number of hydrogen-bond acceptors (Lipinski definition) is 6. The highest BCUT2D eigenvalue weighted by molar-refractivity contribution is 7.92. The summed E-state index contributed by atoms with van der Waals surface area (Å²) in [4.78, 5) is 17.1. The summed E-state index contributed by atoms with van der Waals surface area (Å²) in [5, 5.41) is 10.7. The second kappa shape index (κ2) is 11.3. The van der Waals surface area contributed by atoms with E-state index < -0.39 is 16.1 Å². The summed E-state index contributed by atoms with van der Waals surface area (Å²) in [6.45, 7) is 4.99. The Balaban J connectivity index is 1.96. The van der Waals surface area contributed by atoms with Crippen molar-refractivity contribution in [2.75, 3.05) is 37.7 Å². The van der Waals surface area contributed by atoms with Crippen LogP contribution in [0.25, 0.3) is 0 Å². The van der Waals surface area contributed by atoms with E-state index in [1.54, 1.807) is 36.1 Å². The number of benzene rings is 2. The van der Waals surface area contributed by atoms with Crippen LogP contribution in [0.3, 0.4) is 0 Å². The number of sulfonamides is 1. The summed E-state index contributed by atoms with van der Waals surface area (Å²) < 4.78 is 32.8. The van der Waals surface area contributed by atoms with Gasteiger partial charge in [0.1, 0.15) is 6.10 Å². The van der Waals surface area contributed by atoms with Crippen molar-refractivity contribution in [2.24, 2.45) is 5.92 Å². The highest BCUT2D eigenvalue weighted by Gasteiger charge is 2.34. The van der Waals surface area contributed by atoms with Crippen LogP contribution in [0.5, 0.6) is 5.75 Å². The van der Waals surface area contributed by atoms with Gasteiger partial charge in [0.05, 0.1) is 40.2 Å². The molecule has 0 saturated carbocycles. The summed E-state index contributed by atoms with van der Waals surface area (Å²) in [7, 11) is -1.67. The van der Waals surface area contributed by atoms with Crippen LogP contribution in [0.15, 0.2) is 36.4 Å². The molecule has 0 spiro atoms. The van der Waals surface area contributed by atoms with Crippen molar-refractivity contribution in [1.82, 2.24) is 9.80 Å². The average Bonchev–Trinajstić information content (AvgIpc) is 2.77. The zero-order valence-electron chi connectivity index (χ0n) is 20.2. The highest BCUT2D eigenvalue weighted by atomic mass is 35.5. The minimum absolute atomic E-state index is 0.122. The molecule has 3 atom stereocenters. The monoisotopic (exact) mass is 543 g/mol. The Hall–Kier alpha value is -2.04. The van der Waals surface area contributed by atoms with Gasteiger partial charge in [0.2, 0.25) is 10.0 Å². The molecule has 1 heterocycles. The Bertz CT molecular complexity index is 1180. The number of fused-ring (bicyclic) bond motifs is 1. The average molecular weight is 545 g/mol. The van der Waals surface area contributed by atoms with Gasteiger partial charge in [-0.25, -0.2) is 8.42 Å². The molecule has 0 radical (unpaired) electrons. The number of nitrogens with one attached hydrogen (secondary N) is 1. The van der Waals surface area contributed by atoms with E-state index in [2.05, 4.69) is 9.62 Å². The first kappa shape index (κ1) is 27.5. The minimum Gasteiger partial charge on any atom is -0.486 e. The number of amides is 1. The quantitative estimate of drug-likeness (QED) is 0.526. The first-order chi connectivity index (χ1) is 16.4. The lowest BCUT2D eigenvalue weighted by molar-refractivity contribution is 0.0344. The second-order valence-electron chi connectivity index (χ2n) is 9.12. The molecule has 0 fully saturated rings. The number of anilines is 1. The number of aliphatic hydroxyl groups excluding tert-OH is 1. The molecule has 0 aromatic heterocycles. The molecule has 35 heavy (non-hydrogen) atoms. The number of para-hydroxylation sites is 1. The number of halogens is 2. The maximum Gasteiger partial charge on any atom is 0.258 e. The van der Waals surface area contributed by atoms with Crippen molar-refractivity contribution >= 4 is 44.8 Å². The number of likely N-dealkylation sites (N-methyl/N-ethyl adjacent to an activating group) is 1. The molecule has 1 aliphatic heterocycles.